The van der Waals surface area contributed by atoms with Gasteiger partial charge in [0.1, 0.15) is 0 Å². The van der Waals surface area contributed by atoms with E-state index in [1.807, 2.05) is 0 Å². The van der Waals surface area contributed by atoms with Crippen LogP contribution in [0.4, 0.5) is 11.4 Å². The molecule has 0 spiro atoms. The predicted molar refractivity (Wildman–Crippen MR) is 72.2 cm³/mol. The van der Waals surface area contributed by atoms with Crippen LogP contribution in [0.25, 0.3) is 0 Å². The number of nitrogens with zero attached hydrogens (tertiary/aromatic N) is 2. The van der Waals surface area contributed by atoms with Gasteiger partial charge in [0.2, 0.25) is 0 Å². The van der Waals surface area contributed by atoms with Crippen molar-refractivity contribution in [3.63, 3.8) is 0 Å². The summed E-state index contributed by atoms with van der Waals surface area (Å²) >= 11 is 5.83. The van der Waals surface area contributed by atoms with Crippen LogP contribution < -0.4 is 5.73 Å². The molecule has 6 nitrogen and oxygen atoms in total. The van der Waals surface area contributed by atoms with Crippen LogP contribution in [0.1, 0.15) is 23.2 Å². The van der Waals surface area contributed by atoms with Gasteiger partial charge < -0.3 is 10.6 Å². The van der Waals surface area contributed by atoms with Crippen LogP contribution >= 0.6 is 11.6 Å². The zero-order valence-electron chi connectivity index (χ0n) is 10.4. The third-order valence-corrected chi connectivity index (χ3v) is 3.44. The smallest absolute Gasteiger partial charge is 0.271 e. The van der Waals surface area contributed by atoms with E-state index in [-0.39, 0.29) is 27.9 Å². The van der Waals surface area contributed by atoms with Crippen LogP contribution in [0.2, 0.25) is 5.02 Å². The molecule has 1 fully saturated rings. The van der Waals surface area contributed by atoms with Crippen LogP contribution in [0.15, 0.2) is 12.1 Å². The zero-order valence-corrected chi connectivity index (χ0v) is 11.2. The summed E-state index contributed by atoms with van der Waals surface area (Å²) in [7, 11) is 1.66. The van der Waals surface area contributed by atoms with E-state index in [0.717, 1.165) is 18.9 Å². The van der Waals surface area contributed by atoms with Gasteiger partial charge in [0.25, 0.3) is 11.6 Å². The maximum absolute atomic E-state index is 12.2. The number of halogens is 1. The minimum atomic E-state index is -0.594. The van der Waals surface area contributed by atoms with Crippen molar-refractivity contribution in [3.05, 3.63) is 32.8 Å². The predicted octanol–water partition coefficient (Wildman–Crippen LogP) is 2.31. The van der Waals surface area contributed by atoms with Crippen molar-refractivity contribution >= 4 is 28.9 Å². The molecule has 1 amide bonds. The highest BCUT2D eigenvalue weighted by Gasteiger charge is 2.27. The van der Waals surface area contributed by atoms with Crippen LogP contribution in [0, 0.1) is 16.0 Å². The molecule has 7 heteroatoms. The molecule has 0 heterocycles. The Morgan fingerprint density at radius 1 is 1.58 bits per heavy atom. The molecule has 0 unspecified atom stereocenters. The Kier molecular flexibility index (Phi) is 3.61. The van der Waals surface area contributed by atoms with Gasteiger partial charge in [-0.2, -0.15) is 0 Å². The fourth-order valence-electron chi connectivity index (χ4n) is 1.86. The summed E-state index contributed by atoms with van der Waals surface area (Å²) in [6.45, 7) is 0.637. The monoisotopic (exact) mass is 283 g/mol. The number of non-ortho nitro benzene ring substituents is 1. The number of hydrogen-bond acceptors (Lipinski definition) is 4. The van der Waals surface area contributed by atoms with E-state index in [0.29, 0.717) is 12.5 Å². The summed E-state index contributed by atoms with van der Waals surface area (Å²) in [5.41, 5.74) is 5.67. The molecular weight excluding hydrogens is 270 g/mol. The summed E-state index contributed by atoms with van der Waals surface area (Å²) in [5.74, 6) is 0.194. The molecule has 1 aromatic carbocycles. The quantitative estimate of drug-likeness (QED) is 0.521. The van der Waals surface area contributed by atoms with Crippen molar-refractivity contribution in [2.45, 2.75) is 12.8 Å². The van der Waals surface area contributed by atoms with Crippen LogP contribution in [0.5, 0.6) is 0 Å². The summed E-state index contributed by atoms with van der Waals surface area (Å²) in [4.78, 5) is 23.9. The Labute approximate surface area is 115 Å². The second-order valence-corrected chi connectivity index (χ2v) is 5.18. The highest BCUT2D eigenvalue weighted by Crippen LogP contribution is 2.32. The molecule has 102 valence electrons. The Morgan fingerprint density at radius 3 is 2.74 bits per heavy atom. The number of benzene rings is 1. The summed E-state index contributed by atoms with van der Waals surface area (Å²) in [5, 5.41) is 10.8. The SMILES string of the molecule is CN(CC1CC1)C(=O)c1cc([N+](=O)[O-])cc(Cl)c1N. The van der Waals surface area contributed by atoms with Crippen molar-refractivity contribution in [1.82, 2.24) is 4.90 Å². The van der Waals surface area contributed by atoms with E-state index >= 15 is 0 Å². The molecule has 2 N–H and O–H groups in total. The fraction of sp³-hybridized carbons (Fsp3) is 0.417. The van der Waals surface area contributed by atoms with Crippen molar-refractivity contribution in [2.24, 2.45) is 5.92 Å². The van der Waals surface area contributed by atoms with E-state index in [4.69, 9.17) is 17.3 Å². The lowest BCUT2D eigenvalue weighted by molar-refractivity contribution is -0.384. The Morgan fingerprint density at radius 2 is 2.21 bits per heavy atom. The van der Waals surface area contributed by atoms with Crippen molar-refractivity contribution in [2.75, 3.05) is 19.3 Å². The number of rotatable bonds is 4. The number of nitro groups is 1. The molecule has 0 aliphatic heterocycles. The lowest BCUT2D eigenvalue weighted by Crippen LogP contribution is -2.29. The normalized spacial score (nSPS) is 14.2. The van der Waals surface area contributed by atoms with Crippen molar-refractivity contribution < 1.29 is 9.72 Å². The molecule has 19 heavy (non-hydrogen) atoms. The summed E-state index contributed by atoms with van der Waals surface area (Å²) in [6.07, 6.45) is 2.23. The number of anilines is 1. The molecular formula is C12H14ClN3O3. The van der Waals surface area contributed by atoms with Crippen LogP contribution in [-0.2, 0) is 0 Å². The minimum absolute atomic E-state index is 0.0253. The maximum Gasteiger partial charge on any atom is 0.271 e. The second kappa shape index (κ2) is 5.05. The van der Waals surface area contributed by atoms with Gasteiger partial charge in [-0.1, -0.05) is 11.6 Å². The number of nitrogen functional groups attached to an aromatic ring is 1. The number of nitro benzene ring substituents is 1. The van der Waals surface area contributed by atoms with E-state index in [2.05, 4.69) is 0 Å². The average molecular weight is 284 g/mol. The Bertz CT molecular complexity index is 543. The molecule has 0 saturated heterocycles. The lowest BCUT2D eigenvalue weighted by Gasteiger charge is -2.18. The molecule has 1 aliphatic carbocycles. The van der Waals surface area contributed by atoms with E-state index in [1.54, 1.807) is 7.05 Å². The number of carbonyl (C=O) groups excluding carboxylic acids is 1. The second-order valence-electron chi connectivity index (χ2n) is 4.77. The van der Waals surface area contributed by atoms with Crippen LogP contribution in [0.3, 0.4) is 0 Å². The van der Waals surface area contributed by atoms with Gasteiger partial charge >= 0.3 is 0 Å². The first-order chi connectivity index (χ1) is 8.90. The first kappa shape index (κ1) is 13.6. The molecule has 1 aromatic rings. The summed E-state index contributed by atoms with van der Waals surface area (Å²) < 4.78 is 0. The highest BCUT2D eigenvalue weighted by atomic mass is 35.5. The van der Waals surface area contributed by atoms with Gasteiger partial charge in [-0.3, -0.25) is 14.9 Å². The highest BCUT2D eigenvalue weighted by molar-refractivity contribution is 6.34. The molecule has 0 bridgehead atoms. The first-order valence-electron chi connectivity index (χ1n) is 5.89. The lowest BCUT2D eigenvalue weighted by atomic mass is 10.1. The van der Waals surface area contributed by atoms with Gasteiger partial charge in [0.15, 0.2) is 0 Å². The molecule has 0 radical (unpaired) electrons. The number of amides is 1. The molecule has 1 saturated carbocycles. The van der Waals surface area contributed by atoms with E-state index in [1.165, 1.54) is 11.0 Å². The van der Waals surface area contributed by atoms with E-state index in [9.17, 15) is 14.9 Å². The third kappa shape index (κ3) is 2.96. The maximum atomic E-state index is 12.2. The topological polar surface area (TPSA) is 89.5 Å². The average Bonchev–Trinajstić information content (AvgIpc) is 3.15. The molecule has 0 atom stereocenters. The van der Waals surface area contributed by atoms with Gasteiger partial charge in [0, 0.05) is 25.7 Å². The van der Waals surface area contributed by atoms with Crippen molar-refractivity contribution in [1.29, 1.82) is 0 Å². The first-order valence-corrected chi connectivity index (χ1v) is 6.26. The molecule has 2 rings (SSSR count). The molecule has 0 aromatic heterocycles. The number of nitrogens with two attached hydrogens (primary N) is 1. The van der Waals surface area contributed by atoms with Gasteiger partial charge in [-0.05, 0) is 18.8 Å². The Hall–Kier alpha value is -1.82. The summed E-state index contributed by atoms with van der Waals surface area (Å²) in [6, 6.07) is 2.32. The zero-order chi connectivity index (χ0) is 14.2. The Balaban J connectivity index is 2.31. The van der Waals surface area contributed by atoms with Crippen LogP contribution in [-0.4, -0.2) is 29.3 Å². The van der Waals surface area contributed by atoms with E-state index < -0.39 is 4.92 Å². The third-order valence-electron chi connectivity index (χ3n) is 3.13. The van der Waals surface area contributed by atoms with Gasteiger partial charge in [-0.15, -0.1) is 0 Å². The minimum Gasteiger partial charge on any atom is -0.397 e. The van der Waals surface area contributed by atoms with Crippen molar-refractivity contribution in [3.8, 4) is 0 Å². The number of carbonyl (C=O) groups is 1. The number of hydrogen-bond donors (Lipinski definition) is 1. The van der Waals surface area contributed by atoms with Gasteiger partial charge in [-0.25, -0.2) is 0 Å². The molecule has 1 aliphatic rings. The standard InChI is InChI=1S/C12H14ClN3O3/c1-15(6-7-2-3-7)12(17)9-4-8(16(18)19)5-10(13)11(9)14/h4-5,7H,2-3,6,14H2,1H3. The largest absolute Gasteiger partial charge is 0.397 e. The van der Waals surface area contributed by atoms with Gasteiger partial charge in [0.05, 0.1) is 21.2 Å². The fourth-order valence-corrected chi connectivity index (χ4v) is 2.08.